The highest BCUT2D eigenvalue weighted by Gasteiger charge is 2.27. The van der Waals surface area contributed by atoms with E-state index in [9.17, 15) is 21.6 Å². The fourth-order valence-corrected chi connectivity index (χ4v) is 5.44. The van der Waals surface area contributed by atoms with Gasteiger partial charge in [-0.1, -0.05) is 31.5 Å². The third kappa shape index (κ3) is 7.13. The van der Waals surface area contributed by atoms with Crippen LogP contribution in [0, 0.1) is 0 Å². The number of sulfonamides is 2. The van der Waals surface area contributed by atoms with Crippen molar-refractivity contribution in [1.29, 1.82) is 0 Å². The third-order valence-electron chi connectivity index (χ3n) is 5.02. The number of carbonyl (C=O) groups excluding carboxylic acids is 1. The monoisotopic (exact) mass is 479 g/mol. The maximum atomic E-state index is 12.3. The van der Waals surface area contributed by atoms with E-state index in [4.69, 9.17) is 0 Å². The third-order valence-corrected chi connectivity index (χ3v) is 8.02. The molecule has 1 aliphatic carbocycles. The molecular weight excluding hydrogens is 450 g/mol. The average Bonchev–Trinajstić information content (AvgIpc) is 3.56. The molecule has 0 atom stereocenters. The van der Waals surface area contributed by atoms with E-state index in [0.29, 0.717) is 18.7 Å². The van der Waals surface area contributed by atoms with E-state index in [0.717, 1.165) is 31.2 Å². The predicted molar refractivity (Wildman–Crippen MR) is 123 cm³/mol. The van der Waals surface area contributed by atoms with Crippen molar-refractivity contribution in [3.05, 3.63) is 54.1 Å². The Bertz CT molecular complexity index is 1140. The van der Waals surface area contributed by atoms with Gasteiger partial charge in [-0.2, -0.15) is 0 Å². The molecule has 0 aromatic heterocycles. The maximum absolute atomic E-state index is 12.3. The van der Waals surface area contributed by atoms with E-state index < -0.39 is 20.0 Å². The van der Waals surface area contributed by atoms with Crippen molar-refractivity contribution in [2.75, 3.05) is 11.9 Å². The van der Waals surface area contributed by atoms with E-state index in [1.807, 2.05) is 6.92 Å². The van der Waals surface area contributed by atoms with Crippen LogP contribution in [-0.4, -0.2) is 35.3 Å². The quantitative estimate of drug-likeness (QED) is 0.404. The minimum atomic E-state index is -3.62. The second-order valence-corrected chi connectivity index (χ2v) is 11.3. The lowest BCUT2D eigenvalue weighted by Crippen LogP contribution is -2.25. The number of rotatable bonds is 12. The van der Waals surface area contributed by atoms with Gasteiger partial charge in [-0.15, -0.1) is 0 Å². The number of nitrogens with one attached hydrogen (secondary N) is 3. The van der Waals surface area contributed by atoms with Crippen LogP contribution in [0.1, 0.15) is 44.6 Å². The van der Waals surface area contributed by atoms with Gasteiger partial charge in [0, 0.05) is 24.7 Å². The highest BCUT2D eigenvalue weighted by atomic mass is 32.2. The van der Waals surface area contributed by atoms with Gasteiger partial charge in [0.15, 0.2) is 0 Å². The lowest BCUT2D eigenvalue weighted by molar-refractivity contribution is -0.116. The van der Waals surface area contributed by atoms with Crippen molar-refractivity contribution < 1.29 is 21.6 Å². The van der Waals surface area contributed by atoms with Crippen LogP contribution in [0.4, 0.5) is 5.69 Å². The second-order valence-electron chi connectivity index (χ2n) is 7.87. The van der Waals surface area contributed by atoms with Crippen molar-refractivity contribution in [2.24, 2.45) is 0 Å². The van der Waals surface area contributed by atoms with Crippen LogP contribution in [0.2, 0.25) is 0 Å². The van der Waals surface area contributed by atoms with E-state index in [1.54, 1.807) is 24.3 Å². The molecule has 0 heterocycles. The molecule has 32 heavy (non-hydrogen) atoms. The number of carbonyl (C=O) groups is 1. The second kappa shape index (κ2) is 10.6. The normalized spacial score (nSPS) is 14.3. The minimum absolute atomic E-state index is 0.0454. The van der Waals surface area contributed by atoms with Crippen LogP contribution in [0.25, 0.3) is 0 Å². The summed E-state index contributed by atoms with van der Waals surface area (Å²) in [5, 5.41) is 2.72. The molecule has 0 aliphatic heterocycles. The summed E-state index contributed by atoms with van der Waals surface area (Å²) in [5.41, 5.74) is 1.24. The maximum Gasteiger partial charge on any atom is 0.240 e. The van der Waals surface area contributed by atoms with E-state index in [1.165, 1.54) is 24.3 Å². The molecule has 1 fully saturated rings. The standard InChI is InChI=1S/C22H29N3O5S2/c1-2-3-15-23-31(27,28)21-6-4-5-19(16-21)24-22(26)14-9-17-7-12-20(13-8-17)32(29,30)25-18-10-11-18/h4-8,12-13,16,18,23,25H,2-3,9-11,14-15H2,1H3,(H,24,26). The molecule has 3 rings (SSSR count). The SMILES string of the molecule is CCCCNS(=O)(=O)c1cccc(NC(=O)CCc2ccc(S(=O)(=O)NC3CC3)cc2)c1. The molecule has 1 aliphatic rings. The van der Waals surface area contributed by atoms with Gasteiger partial charge in [-0.3, -0.25) is 4.79 Å². The van der Waals surface area contributed by atoms with Crippen LogP contribution in [0.15, 0.2) is 58.3 Å². The molecule has 10 heteroatoms. The Morgan fingerprint density at radius 1 is 0.969 bits per heavy atom. The fraction of sp³-hybridized carbons (Fsp3) is 0.409. The smallest absolute Gasteiger partial charge is 0.240 e. The van der Waals surface area contributed by atoms with Crippen molar-refractivity contribution >= 4 is 31.6 Å². The number of anilines is 1. The first-order valence-electron chi connectivity index (χ1n) is 10.7. The van der Waals surface area contributed by atoms with Crippen molar-refractivity contribution in [1.82, 2.24) is 9.44 Å². The number of benzene rings is 2. The highest BCUT2D eigenvalue weighted by Crippen LogP contribution is 2.22. The summed E-state index contributed by atoms with van der Waals surface area (Å²) < 4.78 is 54.3. The summed E-state index contributed by atoms with van der Waals surface area (Å²) >= 11 is 0. The number of hydrogen-bond acceptors (Lipinski definition) is 5. The Kier molecular flexibility index (Phi) is 8.05. The van der Waals surface area contributed by atoms with Crippen molar-refractivity contribution in [2.45, 2.75) is 61.3 Å². The largest absolute Gasteiger partial charge is 0.326 e. The lowest BCUT2D eigenvalue weighted by atomic mass is 10.1. The predicted octanol–water partition coefficient (Wildman–Crippen LogP) is 2.78. The Balaban J connectivity index is 1.53. The first-order chi connectivity index (χ1) is 15.2. The number of aryl methyl sites for hydroxylation is 1. The Morgan fingerprint density at radius 2 is 1.69 bits per heavy atom. The number of amides is 1. The van der Waals surface area contributed by atoms with Crippen LogP contribution < -0.4 is 14.8 Å². The zero-order valence-electron chi connectivity index (χ0n) is 18.0. The molecule has 3 N–H and O–H groups in total. The molecule has 0 saturated heterocycles. The molecule has 2 aromatic rings. The Hall–Kier alpha value is -2.27. The minimum Gasteiger partial charge on any atom is -0.326 e. The zero-order chi connectivity index (χ0) is 23.2. The van der Waals surface area contributed by atoms with Gasteiger partial charge in [-0.25, -0.2) is 26.3 Å². The first-order valence-corrected chi connectivity index (χ1v) is 13.7. The van der Waals surface area contributed by atoms with Gasteiger partial charge in [0.25, 0.3) is 0 Å². The zero-order valence-corrected chi connectivity index (χ0v) is 19.6. The summed E-state index contributed by atoms with van der Waals surface area (Å²) in [6.45, 7) is 2.35. The van der Waals surface area contributed by atoms with Crippen molar-refractivity contribution in [3.8, 4) is 0 Å². The molecule has 1 amide bonds. The summed E-state index contributed by atoms with van der Waals surface area (Å²) in [6.07, 6.45) is 3.98. The molecule has 0 radical (unpaired) electrons. The molecule has 0 spiro atoms. The van der Waals surface area contributed by atoms with Gasteiger partial charge < -0.3 is 5.32 Å². The Labute approximate surface area is 189 Å². The number of unbranched alkanes of at least 4 members (excludes halogenated alkanes) is 1. The van der Waals surface area contributed by atoms with Gasteiger partial charge in [0.1, 0.15) is 0 Å². The topological polar surface area (TPSA) is 121 Å². The molecular formula is C22H29N3O5S2. The van der Waals surface area contributed by atoms with E-state index >= 15 is 0 Å². The molecule has 8 nitrogen and oxygen atoms in total. The first kappa shape index (κ1) is 24.4. The average molecular weight is 480 g/mol. The van der Waals surface area contributed by atoms with Crippen LogP contribution in [0.3, 0.4) is 0 Å². The molecule has 174 valence electrons. The van der Waals surface area contributed by atoms with E-state index in [-0.39, 0.29) is 28.2 Å². The molecule has 0 unspecified atom stereocenters. The molecule has 0 bridgehead atoms. The van der Waals surface area contributed by atoms with Crippen molar-refractivity contribution in [3.63, 3.8) is 0 Å². The van der Waals surface area contributed by atoms with Crippen LogP contribution in [0.5, 0.6) is 0 Å². The van der Waals surface area contributed by atoms with Crippen LogP contribution >= 0.6 is 0 Å². The summed E-state index contributed by atoms with van der Waals surface area (Å²) in [7, 11) is -7.11. The van der Waals surface area contributed by atoms with Crippen LogP contribution in [-0.2, 0) is 31.3 Å². The summed E-state index contributed by atoms with van der Waals surface area (Å²) in [4.78, 5) is 12.6. The van der Waals surface area contributed by atoms with Gasteiger partial charge in [-0.05, 0) is 61.6 Å². The molecule has 1 saturated carbocycles. The summed E-state index contributed by atoms with van der Waals surface area (Å²) in [6, 6.07) is 12.7. The highest BCUT2D eigenvalue weighted by molar-refractivity contribution is 7.89. The van der Waals surface area contributed by atoms with Gasteiger partial charge in [0.05, 0.1) is 9.79 Å². The van der Waals surface area contributed by atoms with Gasteiger partial charge in [0.2, 0.25) is 26.0 Å². The Morgan fingerprint density at radius 3 is 2.34 bits per heavy atom. The lowest BCUT2D eigenvalue weighted by Gasteiger charge is -2.10. The van der Waals surface area contributed by atoms with E-state index in [2.05, 4.69) is 14.8 Å². The summed E-state index contributed by atoms with van der Waals surface area (Å²) in [5.74, 6) is -0.259. The number of hydrogen-bond donors (Lipinski definition) is 3. The van der Waals surface area contributed by atoms with Gasteiger partial charge >= 0.3 is 0 Å². The molecule has 2 aromatic carbocycles. The fourth-order valence-electron chi connectivity index (χ4n) is 3.01.